The lowest BCUT2D eigenvalue weighted by Gasteiger charge is -2.19. The molecular weight excluding hydrogens is 290 g/mol. The number of rotatable bonds is 6. The standard InChI is InChI=1S/C14H21N3O3S/c1-10(14(18)17(2)3)15-11-6-8-13(9-7-11)21(19,20)16-12-4-5-12/h6-10,12,15-16H,4-5H2,1-3H3. The van der Waals surface area contributed by atoms with Crippen LogP contribution in [0.2, 0.25) is 0 Å². The summed E-state index contributed by atoms with van der Waals surface area (Å²) in [4.78, 5) is 13.5. The van der Waals surface area contributed by atoms with Crippen LogP contribution in [0.25, 0.3) is 0 Å². The molecule has 1 amide bonds. The van der Waals surface area contributed by atoms with Gasteiger partial charge in [-0.2, -0.15) is 0 Å². The fraction of sp³-hybridized carbons (Fsp3) is 0.500. The number of anilines is 1. The van der Waals surface area contributed by atoms with Gasteiger partial charge < -0.3 is 10.2 Å². The number of carbonyl (C=O) groups is 1. The molecule has 1 aliphatic rings. The van der Waals surface area contributed by atoms with E-state index in [1.165, 1.54) is 4.90 Å². The fourth-order valence-electron chi connectivity index (χ4n) is 1.92. The number of carbonyl (C=O) groups excluding carboxylic acids is 1. The molecule has 1 aromatic carbocycles. The van der Waals surface area contributed by atoms with E-state index in [0.29, 0.717) is 5.69 Å². The van der Waals surface area contributed by atoms with Crippen LogP contribution < -0.4 is 10.0 Å². The van der Waals surface area contributed by atoms with E-state index in [9.17, 15) is 13.2 Å². The van der Waals surface area contributed by atoms with Crippen LogP contribution in [0.15, 0.2) is 29.2 Å². The minimum atomic E-state index is -3.42. The largest absolute Gasteiger partial charge is 0.374 e. The number of hydrogen-bond acceptors (Lipinski definition) is 4. The molecule has 116 valence electrons. The van der Waals surface area contributed by atoms with Gasteiger partial charge in [-0.15, -0.1) is 0 Å². The van der Waals surface area contributed by atoms with Crippen LogP contribution in [0.4, 0.5) is 5.69 Å². The number of hydrogen-bond donors (Lipinski definition) is 2. The monoisotopic (exact) mass is 311 g/mol. The molecule has 0 aliphatic heterocycles. The van der Waals surface area contributed by atoms with Gasteiger partial charge >= 0.3 is 0 Å². The Hall–Kier alpha value is -1.60. The van der Waals surface area contributed by atoms with E-state index < -0.39 is 10.0 Å². The van der Waals surface area contributed by atoms with Crippen LogP contribution in [-0.2, 0) is 14.8 Å². The molecule has 1 saturated carbocycles. The van der Waals surface area contributed by atoms with E-state index in [1.54, 1.807) is 45.3 Å². The van der Waals surface area contributed by atoms with Crippen molar-refractivity contribution >= 4 is 21.6 Å². The molecule has 0 radical (unpaired) electrons. The van der Waals surface area contributed by atoms with Gasteiger partial charge in [-0.25, -0.2) is 13.1 Å². The minimum absolute atomic E-state index is 0.0397. The normalized spacial score (nSPS) is 16.3. The summed E-state index contributed by atoms with van der Waals surface area (Å²) < 4.78 is 26.7. The molecule has 7 heteroatoms. The molecule has 21 heavy (non-hydrogen) atoms. The first-order chi connectivity index (χ1) is 9.79. The van der Waals surface area contributed by atoms with Crippen LogP contribution in [0.3, 0.4) is 0 Å². The highest BCUT2D eigenvalue weighted by Crippen LogP contribution is 2.22. The third-order valence-electron chi connectivity index (χ3n) is 3.26. The zero-order chi connectivity index (χ0) is 15.6. The molecule has 1 atom stereocenters. The summed E-state index contributed by atoms with van der Waals surface area (Å²) in [5.74, 6) is -0.0397. The summed E-state index contributed by atoms with van der Waals surface area (Å²) in [6, 6.07) is 6.14. The Balaban J connectivity index is 2.03. The van der Waals surface area contributed by atoms with Gasteiger partial charge in [0, 0.05) is 25.8 Å². The van der Waals surface area contributed by atoms with Gasteiger partial charge in [0.25, 0.3) is 0 Å². The van der Waals surface area contributed by atoms with E-state index in [1.807, 2.05) is 0 Å². The highest BCUT2D eigenvalue weighted by atomic mass is 32.2. The second kappa shape index (κ2) is 6.03. The van der Waals surface area contributed by atoms with Crippen molar-refractivity contribution in [2.24, 2.45) is 0 Å². The van der Waals surface area contributed by atoms with E-state index in [2.05, 4.69) is 10.0 Å². The quantitative estimate of drug-likeness (QED) is 0.822. The average molecular weight is 311 g/mol. The third kappa shape index (κ3) is 4.18. The second-order valence-corrected chi connectivity index (χ2v) is 7.23. The predicted molar refractivity (Wildman–Crippen MR) is 81.6 cm³/mol. The van der Waals surface area contributed by atoms with Gasteiger partial charge in [0.2, 0.25) is 15.9 Å². The summed E-state index contributed by atoms with van der Waals surface area (Å²) in [6.45, 7) is 1.77. The lowest BCUT2D eigenvalue weighted by Crippen LogP contribution is -2.36. The molecular formula is C14H21N3O3S. The Morgan fingerprint density at radius 2 is 1.81 bits per heavy atom. The number of sulfonamides is 1. The molecule has 0 heterocycles. The van der Waals surface area contributed by atoms with E-state index in [0.717, 1.165) is 12.8 Å². The zero-order valence-corrected chi connectivity index (χ0v) is 13.3. The molecule has 1 aromatic rings. The predicted octanol–water partition coefficient (Wildman–Crippen LogP) is 1.02. The Bertz CT molecular complexity index is 607. The van der Waals surface area contributed by atoms with E-state index in [4.69, 9.17) is 0 Å². The van der Waals surface area contributed by atoms with Crippen LogP contribution in [0, 0.1) is 0 Å². The molecule has 1 fully saturated rings. The Kier molecular flexibility index (Phi) is 4.53. The fourth-order valence-corrected chi connectivity index (χ4v) is 3.22. The molecule has 2 rings (SSSR count). The van der Waals surface area contributed by atoms with Crippen molar-refractivity contribution in [3.8, 4) is 0 Å². The Labute approximate surface area is 125 Å². The van der Waals surface area contributed by atoms with Crippen molar-refractivity contribution < 1.29 is 13.2 Å². The van der Waals surface area contributed by atoms with Crippen molar-refractivity contribution in [2.45, 2.75) is 36.7 Å². The Morgan fingerprint density at radius 3 is 2.29 bits per heavy atom. The maximum Gasteiger partial charge on any atom is 0.244 e. The maximum atomic E-state index is 12.0. The van der Waals surface area contributed by atoms with Crippen LogP contribution in [0.5, 0.6) is 0 Å². The molecule has 1 unspecified atom stereocenters. The lowest BCUT2D eigenvalue weighted by molar-refractivity contribution is -0.129. The van der Waals surface area contributed by atoms with Gasteiger partial charge in [0.1, 0.15) is 6.04 Å². The van der Waals surface area contributed by atoms with Gasteiger partial charge in [-0.3, -0.25) is 4.79 Å². The van der Waals surface area contributed by atoms with Crippen molar-refractivity contribution in [3.63, 3.8) is 0 Å². The third-order valence-corrected chi connectivity index (χ3v) is 4.79. The van der Waals surface area contributed by atoms with Crippen LogP contribution >= 0.6 is 0 Å². The first kappa shape index (κ1) is 15.8. The van der Waals surface area contributed by atoms with Crippen molar-refractivity contribution in [1.29, 1.82) is 0 Å². The summed E-state index contributed by atoms with van der Waals surface area (Å²) in [5.41, 5.74) is 0.711. The summed E-state index contributed by atoms with van der Waals surface area (Å²) in [7, 11) is -0.0366. The van der Waals surface area contributed by atoms with Gasteiger partial charge in [-0.1, -0.05) is 0 Å². The molecule has 0 spiro atoms. The number of nitrogens with zero attached hydrogens (tertiary/aromatic N) is 1. The topological polar surface area (TPSA) is 78.5 Å². The molecule has 0 saturated heterocycles. The first-order valence-electron chi connectivity index (χ1n) is 6.89. The SMILES string of the molecule is CC(Nc1ccc(S(=O)(=O)NC2CC2)cc1)C(=O)N(C)C. The summed E-state index contributed by atoms with van der Waals surface area (Å²) in [6.07, 6.45) is 1.81. The first-order valence-corrected chi connectivity index (χ1v) is 8.38. The molecule has 2 N–H and O–H groups in total. The van der Waals surface area contributed by atoms with Crippen LogP contribution in [0.1, 0.15) is 19.8 Å². The number of likely N-dealkylation sites (N-methyl/N-ethyl adjacent to an activating group) is 1. The van der Waals surface area contributed by atoms with E-state index in [-0.39, 0.29) is 22.9 Å². The second-order valence-electron chi connectivity index (χ2n) is 5.52. The summed E-state index contributed by atoms with van der Waals surface area (Å²) >= 11 is 0. The van der Waals surface area contributed by atoms with Crippen molar-refractivity contribution in [2.75, 3.05) is 19.4 Å². The smallest absolute Gasteiger partial charge is 0.244 e. The molecule has 6 nitrogen and oxygen atoms in total. The van der Waals surface area contributed by atoms with Crippen molar-refractivity contribution in [3.05, 3.63) is 24.3 Å². The highest BCUT2D eigenvalue weighted by Gasteiger charge is 2.27. The van der Waals surface area contributed by atoms with Crippen LogP contribution in [-0.4, -0.2) is 45.4 Å². The molecule has 1 aliphatic carbocycles. The summed E-state index contributed by atoms with van der Waals surface area (Å²) in [5, 5.41) is 3.05. The number of nitrogens with one attached hydrogen (secondary N) is 2. The average Bonchev–Trinajstić information content (AvgIpc) is 3.21. The maximum absolute atomic E-state index is 12.0. The minimum Gasteiger partial charge on any atom is -0.374 e. The lowest BCUT2D eigenvalue weighted by atomic mass is 10.2. The Morgan fingerprint density at radius 1 is 1.24 bits per heavy atom. The van der Waals surface area contributed by atoms with Crippen molar-refractivity contribution in [1.82, 2.24) is 9.62 Å². The number of amides is 1. The van der Waals surface area contributed by atoms with Gasteiger partial charge in [0.05, 0.1) is 4.90 Å². The number of benzene rings is 1. The zero-order valence-electron chi connectivity index (χ0n) is 12.5. The van der Waals surface area contributed by atoms with Gasteiger partial charge in [-0.05, 0) is 44.0 Å². The molecule has 0 bridgehead atoms. The van der Waals surface area contributed by atoms with Gasteiger partial charge in [0.15, 0.2) is 0 Å². The molecule has 0 aromatic heterocycles. The highest BCUT2D eigenvalue weighted by molar-refractivity contribution is 7.89. The van der Waals surface area contributed by atoms with E-state index >= 15 is 0 Å².